The van der Waals surface area contributed by atoms with Crippen LogP contribution in [0.1, 0.15) is 37.0 Å². The van der Waals surface area contributed by atoms with Gasteiger partial charge in [0.2, 0.25) is 11.8 Å². The molecule has 2 amide bonds. The number of rotatable bonds is 8. The fraction of sp³-hybridized carbons (Fsp3) is 0.417. The van der Waals surface area contributed by atoms with Crippen LogP contribution in [-0.4, -0.2) is 45.1 Å². The van der Waals surface area contributed by atoms with E-state index in [0.717, 1.165) is 17.5 Å². The monoisotopic (exact) mass is 458 g/mol. The zero-order valence-corrected chi connectivity index (χ0v) is 19.3. The number of nitrogens with one attached hydrogen (secondary N) is 1. The molecule has 2 aromatic carbocycles. The second-order valence-electron chi connectivity index (χ2n) is 8.93. The van der Waals surface area contributed by atoms with Gasteiger partial charge in [0.05, 0.1) is 5.25 Å². The quantitative estimate of drug-likeness (QED) is 0.405. The van der Waals surface area contributed by atoms with E-state index >= 15 is 0 Å². The van der Waals surface area contributed by atoms with Gasteiger partial charge in [-0.3, -0.25) is 9.59 Å². The SMILES string of the molecule is CC1(C)c2cc(O)ccc2CC(SCCC(=O)NC(Cc2ccc(O)cc2)C(N)=O)C1[NH3+]. The van der Waals surface area contributed by atoms with Crippen molar-refractivity contribution in [2.75, 3.05) is 5.75 Å². The molecule has 8 N–H and O–H groups in total. The van der Waals surface area contributed by atoms with Crippen molar-refractivity contribution in [2.45, 2.75) is 55.9 Å². The van der Waals surface area contributed by atoms with Crippen LogP contribution in [-0.2, 0) is 27.8 Å². The molecular weight excluding hydrogens is 426 g/mol. The third kappa shape index (κ3) is 5.55. The highest BCUT2D eigenvalue weighted by Crippen LogP contribution is 2.40. The van der Waals surface area contributed by atoms with Crippen molar-refractivity contribution in [1.29, 1.82) is 0 Å². The number of primary amides is 1. The van der Waals surface area contributed by atoms with Gasteiger partial charge in [-0.2, -0.15) is 11.8 Å². The van der Waals surface area contributed by atoms with Crippen molar-refractivity contribution in [2.24, 2.45) is 5.73 Å². The van der Waals surface area contributed by atoms with Crippen molar-refractivity contribution >= 4 is 23.6 Å². The summed E-state index contributed by atoms with van der Waals surface area (Å²) in [6, 6.07) is 11.3. The fourth-order valence-corrected chi connectivity index (χ4v) is 5.68. The first-order valence-electron chi connectivity index (χ1n) is 10.7. The number of carbonyl (C=O) groups is 2. The number of fused-ring (bicyclic) bond motifs is 1. The summed E-state index contributed by atoms with van der Waals surface area (Å²) >= 11 is 1.72. The number of thioether (sulfide) groups is 1. The van der Waals surface area contributed by atoms with E-state index in [1.165, 1.54) is 17.7 Å². The first-order valence-corrected chi connectivity index (χ1v) is 11.8. The summed E-state index contributed by atoms with van der Waals surface area (Å²) in [4.78, 5) is 24.3. The molecule has 0 saturated carbocycles. The van der Waals surface area contributed by atoms with Gasteiger partial charge in [-0.05, 0) is 47.4 Å². The first-order chi connectivity index (χ1) is 15.1. The predicted octanol–water partition coefficient (Wildman–Crippen LogP) is 1.25. The Morgan fingerprint density at radius 1 is 1.19 bits per heavy atom. The van der Waals surface area contributed by atoms with E-state index in [1.54, 1.807) is 30.0 Å². The third-order valence-electron chi connectivity index (χ3n) is 6.30. The van der Waals surface area contributed by atoms with Crippen molar-refractivity contribution in [3.8, 4) is 11.5 Å². The molecule has 3 rings (SSSR count). The van der Waals surface area contributed by atoms with Crippen LogP contribution in [0.4, 0.5) is 0 Å². The molecule has 0 bridgehead atoms. The molecule has 0 aromatic heterocycles. The maximum atomic E-state index is 12.5. The van der Waals surface area contributed by atoms with Crippen molar-refractivity contribution in [3.63, 3.8) is 0 Å². The highest BCUT2D eigenvalue weighted by Gasteiger charge is 2.43. The average molecular weight is 459 g/mol. The minimum atomic E-state index is -0.800. The lowest BCUT2D eigenvalue weighted by Gasteiger charge is -2.40. The number of carbonyl (C=O) groups excluding carboxylic acids is 2. The maximum absolute atomic E-state index is 12.5. The summed E-state index contributed by atoms with van der Waals surface area (Å²) in [7, 11) is 0. The topological polar surface area (TPSA) is 140 Å². The first kappa shape index (κ1) is 23.9. The number of benzene rings is 2. The number of hydrogen-bond acceptors (Lipinski definition) is 5. The molecular formula is C24H32N3O4S+. The van der Waals surface area contributed by atoms with Crippen LogP contribution in [0.2, 0.25) is 0 Å². The third-order valence-corrected chi connectivity index (χ3v) is 7.66. The number of hydrogen-bond donors (Lipinski definition) is 5. The molecule has 2 aromatic rings. The Bertz CT molecular complexity index is 978. The van der Waals surface area contributed by atoms with Crippen LogP contribution in [0.15, 0.2) is 42.5 Å². The number of phenolic OH excluding ortho intramolecular Hbond substituents is 2. The summed E-state index contributed by atoms with van der Waals surface area (Å²) in [6.45, 7) is 4.28. The second-order valence-corrected chi connectivity index (χ2v) is 10.3. The maximum Gasteiger partial charge on any atom is 0.240 e. The van der Waals surface area contributed by atoms with Crippen LogP contribution in [0.25, 0.3) is 0 Å². The summed E-state index contributed by atoms with van der Waals surface area (Å²) in [5.74, 6) is 0.200. The molecule has 3 unspecified atom stereocenters. The lowest BCUT2D eigenvalue weighted by Crippen LogP contribution is -2.74. The minimum Gasteiger partial charge on any atom is -0.508 e. The van der Waals surface area contributed by atoms with Crippen molar-refractivity contribution in [1.82, 2.24) is 5.32 Å². The van der Waals surface area contributed by atoms with Crippen molar-refractivity contribution in [3.05, 3.63) is 59.2 Å². The number of amides is 2. The summed E-state index contributed by atoms with van der Waals surface area (Å²) in [5, 5.41) is 22.2. The largest absolute Gasteiger partial charge is 0.508 e. The molecule has 172 valence electrons. The molecule has 0 saturated heterocycles. The lowest BCUT2D eigenvalue weighted by atomic mass is 9.69. The fourth-order valence-electron chi connectivity index (χ4n) is 4.20. The average Bonchev–Trinajstić information content (AvgIpc) is 2.73. The Kier molecular flexibility index (Phi) is 7.36. The van der Waals surface area contributed by atoms with Gasteiger partial charge in [-0.25, -0.2) is 0 Å². The molecule has 0 spiro atoms. The summed E-state index contributed by atoms with van der Waals surface area (Å²) in [6.07, 6.45) is 1.39. The molecule has 0 aliphatic heterocycles. The van der Waals surface area contributed by atoms with Gasteiger partial charge in [0.1, 0.15) is 23.6 Å². The second kappa shape index (κ2) is 9.83. The molecule has 0 radical (unpaired) electrons. The van der Waals surface area contributed by atoms with E-state index in [-0.39, 0.29) is 47.0 Å². The smallest absolute Gasteiger partial charge is 0.240 e. The Morgan fingerprint density at radius 2 is 1.84 bits per heavy atom. The van der Waals surface area contributed by atoms with Crippen LogP contribution >= 0.6 is 11.8 Å². The molecule has 32 heavy (non-hydrogen) atoms. The van der Waals surface area contributed by atoms with Gasteiger partial charge < -0.3 is 27.0 Å². The Hall–Kier alpha value is -2.71. The van der Waals surface area contributed by atoms with E-state index in [2.05, 4.69) is 24.9 Å². The zero-order valence-electron chi connectivity index (χ0n) is 18.5. The standard InChI is InChI=1S/C24H31N3O4S/c1-24(2)18-13-17(29)8-5-15(18)12-20(22(24)25)32-10-9-21(30)27-19(23(26)31)11-14-3-6-16(28)7-4-14/h3-8,13,19-20,22,28-29H,9-12,25H2,1-2H3,(H2,26,31)(H,27,30)/p+1. The minimum absolute atomic E-state index is 0.123. The summed E-state index contributed by atoms with van der Waals surface area (Å²) < 4.78 is 0. The summed E-state index contributed by atoms with van der Waals surface area (Å²) in [5.41, 5.74) is 12.8. The number of quaternary nitrogens is 1. The number of phenols is 2. The van der Waals surface area contributed by atoms with Gasteiger partial charge in [-0.1, -0.05) is 32.0 Å². The Labute approximate surface area is 192 Å². The van der Waals surface area contributed by atoms with Gasteiger partial charge in [0.15, 0.2) is 0 Å². The Balaban J connectivity index is 1.55. The number of aromatic hydroxyl groups is 2. The molecule has 3 atom stereocenters. The normalized spacial score (nSPS) is 20.2. The molecule has 8 heteroatoms. The van der Waals surface area contributed by atoms with E-state index in [1.807, 2.05) is 12.1 Å². The van der Waals surface area contributed by atoms with Crippen LogP contribution in [0, 0.1) is 0 Å². The highest BCUT2D eigenvalue weighted by molar-refractivity contribution is 8.00. The van der Waals surface area contributed by atoms with Crippen LogP contribution in [0.3, 0.4) is 0 Å². The molecule has 1 aliphatic carbocycles. The van der Waals surface area contributed by atoms with Crippen LogP contribution < -0.4 is 16.8 Å². The van der Waals surface area contributed by atoms with Gasteiger partial charge in [0, 0.05) is 24.0 Å². The predicted molar refractivity (Wildman–Crippen MR) is 125 cm³/mol. The van der Waals surface area contributed by atoms with E-state index in [4.69, 9.17) is 5.73 Å². The lowest BCUT2D eigenvalue weighted by molar-refractivity contribution is -0.435. The van der Waals surface area contributed by atoms with Crippen molar-refractivity contribution < 1.29 is 25.5 Å². The molecule has 0 heterocycles. The Morgan fingerprint density at radius 3 is 2.50 bits per heavy atom. The molecule has 0 fully saturated rings. The van der Waals surface area contributed by atoms with Crippen LogP contribution in [0.5, 0.6) is 11.5 Å². The van der Waals surface area contributed by atoms with Gasteiger partial charge >= 0.3 is 0 Å². The molecule has 1 aliphatic rings. The van der Waals surface area contributed by atoms with Gasteiger partial charge in [-0.15, -0.1) is 0 Å². The molecule has 7 nitrogen and oxygen atoms in total. The zero-order chi connectivity index (χ0) is 23.5. The van der Waals surface area contributed by atoms with E-state index in [9.17, 15) is 19.8 Å². The van der Waals surface area contributed by atoms with E-state index < -0.39 is 11.9 Å². The number of nitrogens with two attached hydrogens (primary N) is 1. The van der Waals surface area contributed by atoms with Gasteiger partial charge in [0.25, 0.3) is 0 Å². The highest BCUT2D eigenvalue weighted by atomic mass is 32.2. The van der Waals surface area contributed by atoms with E-state index in [0.29, 0.717) is 5.75 Å².